The van der Waals surface area contributed by atoms with Crippen molar-refractivity contribution in [1.82, 2.24) is 0 Å². The number of ether oxygens (including phenoxy) is 1. The lowest BCUT2D eigenvalue weighted by Crippen LogP contribution is -1.99. The van der Waals surface area contributed by atoms with Gasteiger partial charge in [-0.1, -0.05) is 93.5 Å². The molecule has 0 fully saturated rings. The van der Waals surface area contributed by atoms with E-state index in [0.29, 0.717) is 12.4 Å². The molecule has 23 heavy (non-hydrogen) atoms. The van der Waals surface area contributed by atoms with Gasteiger partial charge in [0, 0.05) is 4.47 Å². The van der Waals surface area contributed by atoms with Crippen LogP contribution in [-0.2, 0) is 0 Å². The first-order valence-corrected chi connectivity index (χ1v) is 10.1. The van der Waals surface area contributed by atoms with Gasteiger partial charge < -0.3 is 4.74 Å². The van der Waals surface area contributed by atoms with Crippen LogP contribution in [0.5, 0.6) is 5.75 Å². The van der Waals surface area contributed by atoms with Gasteiger partial charge in [0.15, 0.2) is 11.6 Å². The second kappa shape index (κ2) is 13.8. The van der Waals surface area contributed by atoms with E-state index in [-0.39, 0.29) is 5.82 Å². The van der Waals surface area contributed by atoms with Gasteiger partial charge in [0.05, 0.1) is 6.61 Å². The minimum Gasteiger partial charge on any atom is -0.491 e. The Morgan fingerprint density at radius 3 is 1.87 bits per heavy atom. The summed E-state index contributed by atoms with van der Waals surface area (Å²) in [6.07, 6.45) is 15.9. The molecule has 0 aromatic heterocycles. The van der Waals surface area contributed by atoms with Gasteiger partial charge in [-0.3, -0.25) is 0 Å². The first kappa shape index (κ1) is 20.5. The lowest BCUT2D eigenvalue weighted by molar-refractivity contribution is 0.290. The van der Waals surface area contributed by atoms with Gasteiger partial charge in [-0.2, -0.15) is 0 Å². The van der Waals surface area contributed by atoms with E-state index >= 15 is 0 Å². The van der Waals surface area contributed by atoms with Crippen molar-refractivity contribution >= 4 is 15.9 Å². The fourth-order valence-corrected chi connectivity index (χ4v) is 3.05. The van der Waals surface area contributed by atoms with E-state index in [0.717, 1.165) is 10.9 Å². The van der Waals surface area contributed by atoms with Crippen LogP contribution in [0.1, 0.15) is 84.0 Å². The number of rotatable bonds is 14. The molecule has 0 aliphatic rings. The average Bonchev–Trinajstić information content (AvgIpc) is 2.53. The minimum absolute atomic E-state index is 0.293. The molecule has 1 aromatic rings. The second-order valence-electron chi connectivity index (χ2n) is 6.31. The summed E-state index contributed by atoms with van der Waals surface area (Å²) in [5, 5.41) is 0. The fraction of sp³-hybridized carbons (Fsp3) is 0.700. The summed E-state index contributed by atoms with van der Waals surface area (Å²) < 4.78 is 19.8. The Hall–Kier alpha value is -0.570. The number of benzene rings is 1. The normalized spacial score (nSPS) is 10.9. The molecular weight excluding hydrogens is 355 g/mol. The van der Waals surface area contributed by atoms with Crippen LogP contribution in [0.25, 0.3) is 0 Å². The van der Waals surface area contributed by atoms with Crippen LogP contribution in [0.2, 0.25) is 0 Å². The lowest BCUT2D eigenvalue weighted by Gasteiger charge is -2.07. The van der Waals surface area contributed by atoms with Crippen LogP contribution in [0, 0.1) is 5.82 Å². The number of hydrogen-bond donors (Lipinski definition) is 0. The zero-order valence-electron chi connectivity index (χ0n) is 14.6. The van der Waals surface area contributed by atoms with Crippen molar-refractivity contribution in [2.24, 2.45) is 0 Å². The van der Waals surface area contributed by atoms with Gasteiger partial charge in [0.2, 0.25) is 0 Å². The van der Waals surface area contributed by atoms with Gasteiger partial charge in [-0.25, -0.2) is 4.39 Å². The van der Waals surface area contributed by atoms with Gasteiger partial charge in [0.1, 0.15) is 0 Å². The summed E-state index contributed by atoms with van der Waals surface area (Å²) in [5.41, 5.74) is 0. The highest BCUT2D eigenvalue weighted by molar-refractivity contribution is 9.10. The predicted octanol–water partition coefficient (Wildman–Crippen LogP) is 7.67. The molecule has 3 heteroatoms. The molecule has 0 saturated heterocycles. The Bertz CT molecular complexity index is 409. The predicted molar refractivity (Wildman–Crippen MR) is 101 cm³/mol. The van der Waals surface area contributed by atoms with Gasteiger partial charge in [0.25, 0.3) is 0 Å². The van der Waals surface area contributed by atoms with Crippen molar-refractivity contribution in [3.63, 3.8) is 0 Å². The highest BCUT2D eigenvalue weighted by atomic mass is 79.9. The van der Waals surface area contributed by atoms with E-state index in [1.54, 1.807) is 12.1 Å². The molecule has 1 rings (SSSR count). The largest absolute Gasteiger partial charge is 0.491 e. The summed E-state index contributed by atoms with van der Waals surface area (Å²) in [5.74, 6) is 0.0644. The summed E-state index contributed by atoms with van der Waals surface area (Å²) >= 11 is 3.24. The Labute approximate surface area is 150 Å². The van der Waals surface area contributed by atoms with Crippen LogP contribution in [0.15, 0.2) is 22.7 Å². The van der Waals surface area contributed by atoms with E-state index in [2.05, 4.69) is 22.9 Å². The monoisotopic (exact) mass is 386 g/mol. The number of hydrogen-bond acceptors (Lipinski definition) is 1. The molecular formula is C20H32BrFO. The first-order valence-electron chi connectivity index (χ1n) is 9.32. The molecule has 0 heterocycles. The maximum Gasteiger partial charge on any atom is 0.166 e. The van der Waals surface area contributed by atoms with Gasteiger partial charge in [-0.05, 0) is 24.6 Å². The maximum atomic E-state index is 13.5. The lowest BCUT2D eigenvalue weighted by atomic mass is 10.1. The van der Waals surface area contributed by atoms with Crippen LogP contribution >= 0.6 is 15.9 Å². The molecule has 0 spiro atoms. The standard InChI is InChI=1S/C20H32BrFO/c1-2-3-4-5-6-7-8-9-10-11-12-13-16-23-20-15-14-18(21)17-19(20)22/h14-15,17H,2-13,16H2,1H3. The summed E-state index contributed by atoms with van der Waals surface area (Å²) in [6.45, 7) is 2.87. The van der Waals surface area contributed by atoms with E-state index in [9.17, 15) is 4.39 Å². The molecule has 0 aliphatic heterocycles. The smallest absolute Gasteiger partial charge is 0.166 e. The van der Waals surface area contributed by atoms with E-state index in [4.69, 9.17) is 4.74 Å². The van der Waals surface area contributed by atoms with Gasteiger partial charge in [-0.15, -0.1) is 0 Å². The quantitative estimate of drug-likeness (QED) is 0.298. The van der Waals surface area contributed by atoms with Crippen molar-refractivity contribution < 1.29 is 9.13 Å². The number of unbranched alkanes of at least 4 members (excludes halogenated alkanes) is 11. The SMILES string of the molecule is CCCCCCCCCCCCCCOc1ccc(Br)cc1F. The van der Waals surface area contributed by atoms with E-state index in [1.807, 2.05) is 0 Å². The zero-order chi connectivity index (χ0) is 16.8. The molecule has 0 atom stereocenters. The highest BCUT2D eigenvalue weighted by Crippen LogP contribution is 2.21. The molecule has 0 N–H and O–H groups in total. The van der Waals surface area contributed by atoms with Crippen LogP contribution in [0.4, 0.5) is 4.39 Å². The van der Waals surface area contributed by atoms with Crippen molar-refractivity contribution in [2.75, 3.05) is 6.61 Å². The molecule has 1 nitrogen and oxygen atoms in total. The summed E-state index contributed by atoms with van der Waals surface area (Å²) in [6, 6.07) is 4.93. The summed E-state index contributed by atoms with van der Waals surface area (Å²) in [4.78, 5) is 0. The molecule has 0 radical (unpaired) electrons. The maximum absolute atomic E-state index is 13.5. The Kier molecular flexibility index (Phi) is 12.3. The average molecular weight is 387 g/mol. The van der Waals surface area contributed by atoms with E-state index in [1.165, 1.54) is 76.7 Å². The molecule has 1 aromatic carbocycles. The third-order valence-corrected chi connectivity index (χ3v) is 4.64. The molecule has 0 amide bonds. The molecule has 0 unspecified atom stereocenters. The molecule has 0 bridgehead atoms. The van der Waals surface area contributed by atoms with Crippen LogP contribution < -0.4 is 4.74 Å². The highest BCUT2D eigenvalue weighted by Gasteiger charge is 2.03. The topological polar surface area (TPSA) is 9.23 Å². The zero-order valence-corrected chi connectivity index (χ0v) is 16.2. The Morgan fingerprint density at radius 1 is 0.826 bits per heavy atom. The van der Waals surface area contributed by atoms with Crippen molar-refractivity contribution in [3.8, 4) is 5.75 Å². The Balaban J connectivity index is 1.86. The van der Waals surface area contributed by atoms with Crippen molar-refractivity contribution in [3.05, 3.63) is 28.5 Å². The fourth-order valence-electron chi connectivity index (χ4n) is 2.72. The van der Waals surface area contributed by atoms with Crippen molar-refractivity contribution in [2.45, 2.75) is 84.0 Å². The minimum atomic E-state index is -0.293. The van der Waals surface area contributed by atoms with Crippen LogP contribution in [-0.4, -0.2) is 6.61 Å². The second-order valence-corrected chi connectivity index (χ2v) is 7.23. The third-order valence-electron chi connectivity index (χ3n) is 4.15. The third kappa shape index (κ3) is 10.8. The molecule has 0 aliphatic carbocycles. The molecule has 0 saturated carbocycles. The first-order chi connectivity index (χ1) is 11.2. The van der Waals surface area contributed by atoms with Gasteiger partial charge >= 0.3 is 0 Å². The summed E-state index contributed by atoms with van der Waals surface area (Å²) in [7, 11) is 0. The number of halogens is 2. The Morgan fingerprint density at radius 2 is 1.35 bits per heavy atom. The molecule has 132 valence electrons. The van der Waals surface area contributed by atoms with E-state index < -0.39 is 0 Å². The van der Waals surface area contributed by atoms with Crippen molar-refractivity contribution in [1.29, 1.82) is 0 Å². The van der Waals surface area contributed by atoms with Crippen LogP contribution in [0.3, 0.4) is 0 Å².